The average molecular weight is 259 g/mol. The molecule has 7 nitrogen and oxygen atoms in total. The van der Waals surface area contributed by atoms with Gasteiger partial charge in [0.25, 0.3) is 5.69 Å². The molecule has 0 unspecified atom stereocenters. The van der Waals surface area contributed by atoms with Crippen molar-refractivity contribution in [2.75, 3.05) is 11.4 Å². The predicted molar refractivity (Wildman–Crippen MR) is 68.9 cm³/mol. The van der Waals surface area contributed by atoms with Crippen LogP contribution in [0.3, 0.4) is 0 Å². The summed E-state index contributed by atoms with van der Waals surface area (Å²) >= 11 is 0. The lowest BCUT2D eigenvalue weighted by Gasteiger charge is -2.18. The molecule has 0 radical (unpaired) electrons. The van der Waals surface area contributed by atoms with Crippen LogP contribution in [0.5, 0.6) is 0 Å². The van der Waals surface area contributed by atoms with E-state index in [0.717, 1.165) is 30.0 Å². The number of non-ortho nitro benzene ring substituents is 1. The predicted octanol–water partition coefficient (Wildman–Crippen LogP) is 1.29. The molecule has 2 heterocycles. The van der Waals surface area contributed by atoms with E-state index in [2.05, 4.69) is 15.1 Å². The summed E-state index contributed by atoms with van der Waals surface area (Å²) in [6, 6.07) is 5.04. The third kappa shape index (κ3) is 2.03. The monoisotopic (exact) mass is 259 g/mol. The molecule has 1 aromatic heterocycles. The van der Waals surface area contributed by atoms with Gasteiger partial charge in [-0.25, -0.2) is 0 Å². The molecular weight excluding hydrogens is 246 g/mol. The summed E-state index contributed by atoms with van der Waals surface area (Å²) in [4.78, 5) is 12.6. The molecule has 7 heteroatoms. The lowest BCUT2D eigenvalue weighted by atomic mass is 10.1. The second kappa shape index (κ2) is 4.34. The number of nitrogens with zero attached hydrogens (tertiary/aromatic N) is 5. The minimum atomic E-state index is -0.362. The molecule has 2 aromatic rings. The fraction of sp³-hybridized carbons (Fsp3) is 0.333. The highest BCUT2D eigenvalue weighted by Gasteiger charge is 2.23. The highest BCUT2D eigenvalue weighted by atomic mass is 16.6. The van der Waals surface area contributed by atoms with Gasteiger partial charge in [-0.2, -0.15) is 0 Å². The summed E-state index contributed by atoms with van der Waals surface area (Å²) in [5.74, 6) is 0.847. The second-order valence-electron chi connectivity index (χ2n) is 4.60. The van der Waals surface area contributed by atoms with Crippen molar-refractivity contribution >= 4 is 11.4 Å². The molecule has 0 N–H and O–H groups in total. The first kappa shape index (κ1) is 11.6. The van der Waals surface area contributed by atoms with E-state index in [9.17, 15) is 10.1 Å². The fourth-order valence-corrected chi connectivity index (χ4v) is 2.33. The minimum absolute atomic E-state index is 0.128. The molecule has 0 fully saturated rings. The molecule has 98 valence electrons. The molecule has 0 aliphatic carbocycles. The smallest absolute Gasteiger partial charge is 0.271 e. The maximum absolute atomic E-state index is 10.8. The molecule has 3 rings (SSSR count). The maximum Gasteiger partial charge on any atom is 0.271 e. The van der Waals surface area contributed by atoms with Gasteiger partial charge < -0.3 is 9.47 Å². The Morgan fingerprint density at radius 3 is 3.00 bits per heavy atom. The number of hydrogen-bond acceptors (Lipinski definition) is 5. The quantitative estimate of drug-likeness (QED) is 0.613. The number of fused-ring (bicyclic) bond motifs is 1. The fourth-order valence-electron chi connectivity index (χ4n) is 2.33. The molecule has 1 aliphatic heterocycles. The number of nitro groups is 1. The number of anilines is 1. The normalized spacial score (nSPS) is 13.6. The first-order valence-corrected chi connectivity index (χ1v) is 6.00. The number of hydrogen-bond donors (Lipinski definition) is 0. The number of nitro benzene ring substituents is 1. The Morgan fingerprint density at radius 2 is 2.32 bits per heavy atom. The van der Waals surface area contributed by atoms with Crippen molar-refractivity contribution in [3.8, 4) is 0 Å². The largest absolute Gasteiger partial charge is 0.363 e. The van der Waals surface area contributed by atoms with Crippen molar-refractivity contribution in [1.82, 2.24) is 14.8 Å². The highest BCUT2D eigenvalue weighted by molar-refractivity contribution is 5.62. The first-order chi connectivity index (χ1) is 9.15. The lowest BCUT2D eigenvalue weighted by molar-refractivity contribution is -0.384. The SMILES string of the molecule is Cn1cnnc1CN1CCc2ccc([N+](=O)[O-])cc21. The van der Waals surface area contributed by atoms with Crippen LogP contribution in [0.25, 0.3) is 0 Å². The van der Waals surface area contributed by atoms with E-state index in [1.807, 2.05) is 17.7 Å². The molecular formula is C12H13N5O2. The van der Waals surface area contributed by atoms with Crippen molar-refractivity contribution in [3.63, 3.8) is 0 Å². The van der Waals surface area contributed by atoms with E-state index in [4.69, 9.17) is 0 Å². The first-order valence-electron chi connectivity index (χ1n) is 6.00. The zero-order valence-corrected chi connectivity index (χ0v) is 10.5. The van der Waals surface area contributed by atoms with Crippen molar-refractivity contribution in [2.24, 2.45) is 7.05 Å². The van der Waals surface area contributed by atoms with E-state index in [0.29, 0.717) is 6.54 Å². The summed E-state index contributed by atoms with van der Waals surface area (Å²) in [5.41, 5.74) is 2.20. The van der Waals surface area contributed by atoms with Gasteiger partial charge in [-0.3, -0.25) is 10.1 Å². The Balaban J connectivity index is 1.90. The molecule has 19 heavy (non-hydrogen) atoms. The van der Waals surface area contributed by atoms with Gasteiger partial charge in [-0.05, 0) is 12.0 Å². The van der Waals surface area contributed by atoms with Crippen LogP contribution in [0, 0.1) is 10.1 Å². The molecule has 0 saturated carbocycles. The van der Waals surface area contributed by atoms with Crippen LogP contribution in [0.15, 0.2) is 24.5 Å². The topological polar surface area (TPSA) is 77.1 Å². The van der Waals surface area contributed by atoms with Gasteiger partial charge in [0.2, 0.25) is 0 Å². The summed E-state index contributed by atoms with van der Waals surface area (Å²) in [5, 5.41) is 18.7. The summed E-state index contributed by atoms with van der Waals surface area (Å²) < 4.78 is 1.86. The molecule has 0 spiro atoms. The van der Waals surface area contributed by atoms with Gasteiger partial charge in [0, 0.05) is 31.4 Å². The van der Waals surface area contributed by atoms with Crippen molar-refractivity contribution in [3.05, 3.63) is 46.0 Å². The van der Waals surface area contributed by atoms with E-state index in [1.54, 1.807) is 18.5 Å². The molecule has 1 aliphatic rings. The van der Waals surface area contributed by atoms with Gasteiger partial charge in [0.05, 0.1) is 11.5 Å². The lowest BCUT2D eigenvalue weighted by Crippen LogP contribution is -2.21. The van der Waals surface area contributed by atoms with Crippen LogP contribution in [-0.4, -0.2) is 26.2 Å². The second-order valence-corrected chi connectivity index (χ2v) is 4.60. The van der Waals surface area contributed by atoms with E-state index < -0.39 is 0 Å². The van der Waals surface area contributed by atoms with Gasteiger partial charge in [-0.1, -0.05) is 6.07 Å². The van der Waals surface area contributed by atoms with E-state index in [1.165, 1.54) is 0 Å². The van der Waals surface area contributed by atoms with Crippen LogP contribution in [0.4, 0.5) is 11.4 Å². The summed E-state index contributed by atoms with van der Waals surface area (Å²) in [6.07, 6.45) is 2.56. The molecule has 0 saturated heterocycles. The average Bonchev–Trinajstić information content (AvgIpc) is 2.97. The number of aryl methyl sites for hydroxylation is 1. The minimum Gasteiger partial charge on any atom is -0.363 e. The summed E-state index contributed by atoms with van der Waals surface area (Å²) in [6.45, 7) is 1.47. The summed E-state index contributed by atoms with van der Waals surface area (Å²) in [7, 11) is 1.89. The van der Waals surface area contributed by atoms with E-state index in [-0.39, 0.29) is 10.6 Å². The van der Waals surface area contributed by atoms with Crippen LogP contribution in [0.1, 0.15) is 11.4 Å². The van der Waals surface area contributed by atoms with Crippen LogP contribution < -0.4 is 4.90 Å². The van der Waals surface area contributed by atoms with Gasteiger partial charge in [0.1, 0.15) is 6.33 Å². The molecule has 0 bridgehead atoms. The zero-order valence-electron chi connectivity index (χ0n) is 10.5. The maximum atomic E-state index is 10.8. The Labute approximate surface area is 109 Å². The van der Waals surface area contributed by atoms with Crippen molar-refractivity contribution in [1.29, 1.82) is 0 Å². The number of benzene rings is 1. The number of rotatable bonds is 3. The Morgan fingerprint density at radius 1 is 1.47 bits per heavy atom. The molecule has 0 atom stereocenters. The van der Waals surface area contributed by atoms with Crippen molar-refractivity contribution in [2.45, 2.75) is 13.0 Å². The zero-order chi connectivity index (χ0) is 13.4. The van der Waals surface area contributed by atoms with Gasteiger partial charge in [0.15, 0.2) is 5.82 Å². The highest BCUT2D eigenvalue weighted by Crippen LogP contribution is 2.32. The Hall–Kier alpha value is -2.44. The van der Waals surface area contributed by atoms with Crippen LogP contribution in [0.2, 0.25) is 0 Å². The van der Waals surface area contributed by atoms with E-state index >= 15 is 0 Å². The number of aromatic nitrogens is 3. The third-order valence-electron chi connectivity index (χ3n) is 3.41. The van der Waals surface area contributed by atoms with Gasteiger partial charge >= 0.3 is 0 Å². The van der Waals surface area contributed by atoms with Crippen molar-refractivity contribution < 1.29 is 4.92 Å². The van der Waals surface area contributed by atoms with Crippen LogP contribution in [-0.2, 0) is 20.0 Å². The Bertz CT molecular complexity index is 637. The van der Waals surface area contributed by atoms with Gasteiger partial charge in [-0.15, -0.1) is 10.2 Å². The Kier molecular flexibility index (Phi) is 2.66. The molecule has 0 amide bonds. The third-order valence-corrected chi connectivity index (χ3v) is 3.41. The standard InChI is InChI=1S/C12H13N5O2/c1-15-8-13-14-12(15)7-16-5-4-9-2-3-10(17(18)19)6-11(9)16/h2-3,6,8H,4-5,7H2,1H3. The molecule has 1 aromatic carbocycles. The van der Waals surface area contributed by atoms with Crippen LogP contribution >= 0.6 is 0 Å².